The molecule has 0 radical (unpaired) electrons. The molecule has 0 atom stereocenters. The standard InChI is InChI=1S/C28H26N2O2/c1-2-3-17-29-28(32)26(30-27(31)20-11-5-4-6-12-20)19-25-23-15-9-7-13-21(23)18-22-14-8-10-16-24(22)25/h4-16,18-19H,2-3,17H2,1H3,(H,29,32)(H,30,31)/b26-19-. The van der Waals surface area contributed by atoms with Gasteiger partial charge in [-0.05, 0) is 57.8 Å². The van der Waals surface area contributed by atoms with E-state index in [0.717, 1.165) is 39.9 Å². The fourth-order valence-corrected chi connectivity index (χ4v) is 3.77. The molecule has 0 spiro atoms. The Bertz CT molecular complexity index is 1240. The molecule has 4 heteroatoms. The first-order valence-corrected chi connectivity index (χ1v) is 10.9. The summed E-state index contributed by atoms with van der Waals surface area (Å²) in [6, 6.07) is 27.2. The second kappa shape index (κ2) is 9.92. The smallest absolute Gasteiger partial charge is 0.267 e. The molecule has 2 amide bonds. The molecule has 160 valence electrons. The number of benzene rings is 4. The van der Waals surface area contributed by atoms with E-state index in [2.05, 4.69) is 35.8 Å². The molecular weight excluding hydrogens is 396 g/mol. The van der Waals surface area contributed by atoms with Gasteiger partial charge in [0.15, 0.2) is 0 Å². The van der Waals surface area contributed by atoms with Crippen LogP contribution in [0.5, 0.6) is 0 Å². The third-order valence-electron chi connectivity index (χ3n) is 5.45. The monoisotopic (exact) mass is 422 g/mol. The Balaban J connectivity index is 1.82. The lowest BCUT2D eigenvalue weighted by molar-refractivity contribution is -0.117. The van der Waals surface area contributed by atoms with Crippen LogP contribution in [0.3, 0.4) is 0 Å². The van der Waals surface area contributed by atoms with Gasteiger partial charge in [-0.3, -0.25) is 9.59 Å². The average molecular weight is 423 g/mol. The van der Waals surface area contributed by atoms with Crippen molar-refractivity contribution in [1.29, 1.82) is 0 Å². The molecule has 4 rings (SSSR count). The van der Waals surface area contributed by atoms with Crippen molar-refractivity contribution in [2.24, 2.45) is 0 Å². The molecule has 0 aliphatic rings. The molecule has 0 aliphatic heterocycles. The molecule has 0 aliphatic carbocycles. The lowest BCUT2D eigenvalue weighted by Crippen LogP contribution is -2.35. The lowest BCUT2D eigenvalue weighted by atomic mass is 9.96. The molecule has 0 saturated carbocycles. The van der Waals surface area contributed by atoms with Gasteiger partial charge in [0.2, 0.25) is 0 Å². The summed E-state index contributed by atoms with van der Waals surface area (Å²) in [5, 5.41) is 10.00. The zero-order chi connectivity index (χ0) is 22.3. The zero-order valence-electron chi connectivity index (χ0n) is 18.1. The number of fused-ring (bicyclic) bond motifs is 2. The highest BCUT2D eigenvalue weighted by molar-refractivity contribution is 6.11. The molecular formula is C28H26N2O2. The van der Waals surface area contributed by atoms with Crippen molar-refractivity contribution < 1.29 is 9.59 Å². The van der Waals surface area contributed by atoms with Crippen LogP contribution in [0, 0.1) is 0 Å². The van der Waals surface area contributed by atoms with Gasteiger partial charge in [-0.1, -0.05) is 80.1 Å². The van der Waals surface area contributed by atoms with E-state index in [4.69, 9.17) is 0 Å². The van der Waals surface area contributed by atoms with Crippen LogP contribution in [-0.4, -0.2) is 18.4 Å². The van der Waals surface area contributed by atoms with E-state index in [1.165, 1.54) is 0 Å². The number of amides is 2. The first-order chi connectivity index (χ1) is 15.7. The van der Waals surface area contributed by atoms with E-state index >= 15 is 0 Å². The van der Waals surface area contributed by atoms with E-state index < -0.39 is 0 Å². The Hall–Kier alpha value is -3.92. The molecule has 0 aromatic heterocycles. The van der Waals surface area contributed by atoms with Crippen LogP contribution in [-0.2, 0) is 4.79 Å². The van der Waals surface area contributed by atoms with Crippen molar-refractivity contribution in [2.75, 3.05) is 6.54 Å². The van der Waals surface area contributed by atoms with Gasteiger partial charge in [0.05, 0.1) is 0 Å². The topological polar surface area (TPSA) is 58.2 Å². The van der Waals surface area contributed by atoms with E-state index in [0.29, 0.717) is 12.1 Å². The minimum Gasteiger partial charge on any atom is -0.351 e. The Labute approximate surface area is 188 Å². The Morgan fingerprint density at radius 3 is 2.03 bits per heavy atom. The second-order valence-electron chi connectivity index (χ2n) is 7.72. The Morgan fingerprint density at radius 1 is 0.812 bits per heavy atom. The molecule has 0 unspecified atom stereocenters. The van der Waals surface area contributed by atoms with Crippen molar-refractivity contribution in [1.82, 2.24) is 10.6 Å². The van der Waals surface area contributed by atoms with Crippen molar-refractivity contribution in [3.63, 3.8) is 0 Å². The fourth-order valence-electron chi connectivity index (χ4n) is 3.77. The van der Waals surface area contributed by atoms with Gasteiger partial charge in [-0.15, -0.1) is 0 Å². The normalized spacial score (nSPS) is 11.5. The number of carbonyl (C=O) groups excluding carboxylic acids is 2. The largest absolute Gasteiger partial charge is 0.351 e. The predicted octanol–water partition coefficient (Wildman–Crippen LogP) is 5.68. The van der Waals surface area contributed by atoms with Gasteiger partial charge in [-0.2, -0.15) is 0 Å². The van der Waals surface area contributed by atoms with E-state index in [1.54, 1.807) is 30.3 Å². The van der Waals surface area contributed by atoms with Crippen LogP contribution < -0.4 is 10.6 Å². The molecule has 4 nitrogen and oxygen atoms in total. The second-order valence-corrected chi connectivity index (χ2v) is 7.72. The van der Waals surface area contributed by atoms with Crippen LogP contribution in [0.4, 0.5) is 0 Å². The van der Waals surface area contributed by atoms with Crippen molar-refractivity contribution >= 4 is 39.4 Å². The van der Waals surface area contributed by atoms with Gasteiger partial charge < -0.3 is 10.6 Å². The maximum atomic E-state index is 13.1. The summed E-state index contributed by atoms with van der Waals surface area (Å²) in [5.74, 6) is -0.605. The molecule has 0 heterocycles. The van der Waals surface area contributed by atoms with Crippen LogP contribution in [0.2, 0.25) is 0 Å². The number of carbonyl (C=O) groups is 2. The number of hydrogen-bond donors (Lipinski definition) is 2. The quantitative estimate of drug-likeness (QED) is 0.229. The van der Waals surface area contributed by atoms with Crippen LogP contribution in [0.1, 0.15) is 35.7 Å². The summed E-state index contributed by atoms with van der Waals surface area (Å²) in [4.78, 5) is 25.9. The molecule has 4 aromatic carbocycles. The molecule has 0 bridgehead atoms. The number of unbranched alkanes of at least 4 members (excludes halogenated alkanes) is 1. The summed E-state index contributed by atoms with van der Waals surface area (Å²) in [6.07, 6.45) is 3.65. The van der Waals surface area contributed by atoms with Crippen LogP contribution in [0.25, 0.3) is 27.6 Å². The maximum Gasteiger partial charge on any atom is 0.267 e. The summed E-state index contributed by atoms with van der Waals surface area (Å²) in [5.41, 5.74) is 1.65. The highest BCUT2D eigenvalue weighted by Gasteiger charge is 2.16. The first-order valence-electron chi connectivity index (χ1n) is 10.9. The highest BCUT2D eigenvalue weighted by Crippen LogP contribution is 2.30. The third-order valence-corrected chi connectivity index (χ3v) is 5.45. The summed E-state index contributed by atoms with van der Waals surface area (Å²) in [7, 11) is 0. The van der Waals surface area contributed by atoms with Gasteiger partial charge >= 0.3 is 0 Å². The minimum absolute atomic E-state index is 0.233. The molecule has 0 saturated heterocycles. The SMILES string of the molecule is CCCCNC(=O)/C(=C/c1c2ccccc2cc2ccccc12)NC(=O)c1ccccc1. The highest BCUT2D eigenvalue weighted by atomic mass is 16.2. The van der Waals surface area contributed by atoms with Crippen LogP contribution in [0.15, 0.2) is 90.6 Å². The molecule has 0 fully saturated rings. The maximum absolute atomic E-state index is 13.1. The number of rotatable bonds is 7. The third kappa shape index (κ3) is 4.70. The summed E-state index contributed by atoms with van der Waals surface area (Å²) < 4.78 is 0. The lowest BCUT2D eigenvalue weighted by Gasteiger charge is -2.13. The first kappa shape index (κ1) is 21.3. The molecule has 4 aromatic rings. The fraction of sp³-hybridized carbons (Fsp3) is 0.143. The van der Waals surface area contributed by atoms with Gasteiger partial charge in [-0.25, -0.2) is 0 Å². The van der Waals surface area contributed by atoms with Crippen molar-refractivity contribution in [3.05, 3.63) is 102 Å². The van der Waals surface area contributed by atoms with Crippen molar-refractivity contribution in [3.8, 4) is 0 Å². The Morgan fingerprint density at radius 2 is 1.41 bits per heavy atom. The van der Waals surface area contributed by atoms with E-state index in [9.17, 15) is 9.59 Å². The van der Waals surface area contributed by atoms with Crippen LogP contribution >= 0.6 is 0 Å². The Kier molecular flexibility index (Phi) is 6.61. The van der Waals surface area contributed by atoms with E-state index in [1.807, 2.05) is 42.5 Å². The molecule has 32 heavy (non-hydrogen) atoms. The van der Waals surface area contributed by atoms with Gasteiger partial charge in [0, 0.05) is 12.1 Å². The minimum atomic E-state index is -0.313. The molecule has 2 N–H and O–H groups in total. The van der Waals surface area contributed by atoms with Crippen molar-refractivity contribution in [2.45, 2.75) is 19.8 Å². The summed E-state index contributed by atoms with van der Waals surface area (Å²) in [6.45, 7) is 2.63. The van der Waals surface area contributed by atoms with Gasteiger partial charge in [0.1, 0.15) is 5.70 Å². The van der Waals surface area contributed by atoms with E-state index in [-0.39, 0.29) is 17.5 Å². The predicted molar refractivity (Wildman–Crippen MR) is 131 cm³/mol. The average Bonchev–Trinajstić information content (AvgIpc) is 2.83. The van der Waals surface area contributed by atoms with Gasteiger partial charge in [0.25, 0.3) is 11.8 Å². The summed E-state index contributed by atoms with van der Waals surface area (Å²) >= 11 is 0. The number of nitrogens with one attached hydrogen (secondary N) is 2. The zero-order valence-corrected chi connectivity index (χ0v) is 18.1. The number of hydrogen-bond acceptors (Lipinski definition) is 2.